The highest BCUT2D eigenvalue weighted by molar-refractivity contribution is 5.30. The molecular formula is C10H15N3O. The lowest BCUT2D eigenvalue weighted by atomic mass is 10.1. The standard InChI is InChI=1S/C10H15N3O/c1-7-9(8-4-3-5-11-8)12-6-13-10(7)14-2/h6,8,11H,3-5H2,1-2H3. The van der Waals surface area contributed by atoms with Crippen LogP contribution in [-0.4, -0.2) is 23.6 Å². The molecule has 4 nitrogen and oxygen atoms in total. The summed E-state index contributed by atoms with van der Waals surface area (Å²) in [6.07, 6.45) is 3.94. The van der Waals surface area contributed by atoms with Gasteiger partial charge in [-0.05, 0) is 26.3 Å². The van der Waals surface area contributed by atoms with E-state index in [1.165, 1.54) is 6.42 Å². The Morgan fingerprint density at radius 2 is 2.36 bits per heavy atom. The molecule has 1 aliphatic heterocycles. The van der Waals surface area contributed by atoms with Crippen molar-refractivity contribution in [3.63, 3.8) is 0 Å². The van der Waals surface area contributed by atoms with Gasteiger partial charge < -0.3 is 10.1 Å². The third kappa shape index (κ3) is 1.57. The van der Waals surface area contributed by atoms with Gasteiger partial charge in [0.1, 0.15) is 6.33 Å². The van der Waals surface area contributed by atoms with Crippen LogP contribution in [-0.2, 0) is 0 Å². The summed E-state index contributed by atoms with van der Waals surface area (Å²) in [5.41, 5.74) is 2.13. The Kier molecular flexibility index (Phi) is 2.63. The average molecular weight is 193 g/mol. The minimum atomic E-state index is 0.381. The number of nitrogens with zero attached hydrogens (tertiary/aromatic N) is 2. The van der Waals surface area contributed by atoms with Crippen LogP contribution in [0, 0.1) is 6.92 Å². The molecule has 0 amide bonds. The van der Waals surface area contributed by atoms with Crippen LogP contribution >= 0.6 is 0 Å². The zero-order chi connectivity index (χ0) is 9.97. The summed E-state index contributed by atoms with van der Waals surface area (Å²) in [6.45, 7) is 3.09. The van der Waals surface area contributed by atoms with Crippen LogP contribution in [0.3, 0.4) is 0 Å². The molecule has 1 atom stereocenters. The van der Waals surface area contributed by atoms with Gasteiger partial charge in [0.2, 0.25) is 5.88 Å². The number of hydrogen-bond acceptors (Lipinski definition) is 4. The van der Waals surface area contributed by atoms with Gasteiger partial charge in [0, 0.05) is 5.56 Å². The number of hydrogen-bond donors (Lipinski definition) is 1. The monoisotopic (exact) mass is 193 g/mol. The first-order chi connectivity index (χ1) is 6.83. The van der Waals surface area contributed by atoms with E-state index < -0.39 is 0 Å². The van der Waals surface area contributed by atoms with Crippen molar-refractivity contribution in [2.75, 3.05) is 13.7 Å². The first kappa shape index (κ1) is 9.40. The Bertz CT molecular complexity index is 321. The lowest BCUT2D eigenvalue weighted by Gasteiger charge is -2.13. The van der Waals surface area contributed by atoms with E-state index in [2.05, 4.69) is 15.3 Å². The van der Waals surface area contributed by atoms with Crippen LogP contribution in [0.1, 0.15) is 30.1 Å². The molecule has 4 heteroatoms. The Morgan fingerprint density at radius 3 is 3.00 bits per heavy atom. The second kappa shape index (κ2) is 3.92. The lowest BCUT2D eigenvalue weighted by Crippen LogP contribution is -2.16. The van der Waals surface area contributed by atoms with E-state index in [-0.39, 0.29) is 0 Å². The SMILES string of the molecule is COc1ncnc(C2CCCN2)c1C. The molecule has 2 heterocycles. The van der Waals surface area contributed by atoms with E-state index in [9.17, 15) is 0 Å². The molecule has 0 bridgehead atoms. The van der Waals surface area contributed by atoms with Crippen molar-refractivity contribution in [1.82, 2.24) is 15.3 Å². The zero-order valence-corrected chi connectivity index (χ0v) is 8.58. The van der Waals surface area contributed by atoms with Crippen molar-refractivity contribution in [3.8, 4) is 5.88 Å². The van der Waals surface area contributed by atoms with Gasteiger partial charge in [0.15, 0.2) is 0 Å². The predicted molar refractivity (Wildman–Crippen MR) is 53.3 cm³/mol. The van der Waals surface area contributed by atoms with Gasteiger partial charge in [-0.2, -0.15) is 0 Å². The third-order valence-corrected chi connectivity index (χ3v) is 2.66. The Labute approximate surface area is 83.7 Å². The van der Waals surface area contributed by atoms with Gasteiger partial charge in [0.25, 0.3) is 0 Å². The summed E-state index contributed by atoms with van der Waals surface area (Å²) in [6, 6.07) is 0.381. The van der Waals surface area contributed by atoms with E-state index in [0.717, 1.165) is 24.2 Å². The van der Waals surface area contributed by atoms with Crippen molar-refractivity contribution >= 4 is 0 Å². The summed E-state index contributed by atoms with van der Waals surface area (Å²) in [4.78, 5) is 8.38. The van der Waals surface area contributed by atoms with Crippen molar-refractivity contribution in [2.45, 2.75) is 25.8 Å². The summed E-state index contributed by atoms with van der Waals surface area (Å²) in [5, 5.41) is 3.42. The van der Waals surface area contributed by atoms with Gasteiger partial charge >= 0.3 is 0 Å². The maximum absolute atomic E-state index is 5.17. The molecular weight excluding hydrogens is 178 g/mol. The molecule has 1 aromatic rings. The van der Waals surface area contributed by atoms with Crippen molar-refractivity contribution < 1.29 is 4.74 Å². The maximum Gasteiger partial charge on any atom is 0.219 e. The van der Waals surface area contributed by atoms with Crippen molar-refractivity contribution in [2.24, 2.45) is 0 Å². The second-order valence-corrected chi connectivity index (χ2v) is 3.54. The number of rotatable bonds is 2. The number of nitrogens with one attached hydrogen (secondary N) is 1. The van der Waals surface area contributed by atoms with Gasteiger partial charge in [0.05, 0.1) is 18.8 Å². The lowest BCUT2D eigenvalue weighted by molar-refractivity contribution is 0.390. The molecule has 1 unspecified atom stereocenters. The van der Waals surface area contributed by atoms with Gasteiger partial charge in [-0.1, -0.05) is 0 Å². The van der Waals surface area contributed by atoms with E-state index in [1.807, 2.05) is 6.92 Å². The van der Waals surface area contributed by atoms with Crippen molar-refractivity contribution in [3.05, 3.63) is 17.6 Å². The number of ether oxygens (including phenoxy) is 1. The van der Waals surface area contributed by atoms with E-state index in [4.69, 9.17) is 4.74 Å². The van der Waals surface area contributed by atoms with Crippen LogP contribution in [0.4, 0.5) is 0 Å². The highest BCUT2D eigenvalue weighted by Crippen LogP contribution is 2.26. The van der Waals surface area contributed by atoms with E-state index in [1.54, 1.807) is 13.4 Å². The van der Waals surface area contributed by atoms with E-state index in [0.29, 0.717) is 11.9 Å². The third-order valence-electron chi connectivity index (χ3n) is 2.66. The molecule has 1 N–H and O–H groups in total. The summed E-state index contributed by atoms with van der Waals surface area (Å²) >= 11 is 0. The van der Waals surface area contributed by atoms with Gasteiger partial charge in [-0.25, -0.2) is 9.97 Å². The predicted octanol–water partition coefficient (Wildman–Crippen LogP) is 1.22. The Hall–Kier alpha value is -1.16. The zero-order valence-electron chi connectivity index (χ0n) is 8.58. The molecule has 1 aromatic heterocycles. The molecule has 1 saturated heterocycles. The summed E-state index contributed by atoms with van der Waals surface area (Å²) < 4.78 is 5.17. The quantitative estimate of drug-likeness (QED) is 0.767. The molecule has 1 aliphatic rings. The van der Waals surface area contributed by atoms with Crippen LogP contribution in [0.2, 0.25) is 0 Å². The average Bonchev–Trinajstić information content (AvgIpc) is 2.71. The second-order valence-electron chi connectivity index (χ2n) is 3.54. The minimum absolute atomic E-state index is 0.381. The molecule has 0 spiro atoms. The fraction of sp³-hybridized carbons (Fsp3) is 0.600. The van der Waals surface area contributed by atoms with Crippen LogP contribution in [0.5, 0.6) is 5.88 Å². The number of methoxy groups -OCH3 is 1. The Morgan fingerprint density at radius 1 is 1.50 bits per heavy atom. The highest BCUT2D eigenvalue weighted by atomic mass is 16.5. The fourth-order valence-corrected chi connectivity index (χ4v) is 1.92. The molecule has 0 aromatic carbocycles. The molecule has 76 valence electrons. The van der Waals surface area contributed by atoms with Crippen LogP contribution < -0.4 is 10.1 Å². The maximum atomic E-state index is 5.17. The topological polar surface area (TPSA) is 47.0 Å². The smallest absolute Gasteiger partial charge is 0.219 e. The summed E-state index contributed by atoms with van der Waals surface area (Å²) in [5.74, 6) is 0.684. The van der Waals surface area contributed by atoms with Crippen LogP contribution in [0.25, 0.3) is 0 Å². The molecule has 2 rings (SSSR count). The highest BCUT2D eigenvalue weighted by Gasteiger charge is 2.21. The first-order valence-corrected chi connectivity index (χ1v) is 4.92. The fourth-order valence-electron chi connectivity index (χ4n) is 1.92. The normalized spacial score (nSPS) is 21.1. The molecule has 0 radical (unpaired) electrons. The first-order valence-electron chi connectivity index (χ1n) is 4.92. The van der Waals surface area contributed by atoms with Gasteiger partial charge in [-0.15, -0.1) is 0 Å². The molecule has 1 fully saturated rings. The summed E-state index contributed by atoms with van der Waals surface area (Å²) in [7, 11) is 1.64. The van der Waals surface area contributed by atoms with Crippen molar-refractivity contribution in [1.29, 1.82) is 0 Å². The van der Waals surface area contributed by atoms with Crippen LogP contribution in [0.15, 0.2) is 6.33 Å². The molecule has 0 aliphatic carbocycles. The van der Waals surface area contributed by atoms with E-state index >= 15 is 0 Å². The number of aromatic nitrogens is 2. The molecule has 14 heavy (non-hydrogen) atoms. The molecule has 0 saturated carbocycles. The Balaban J connectivity index is 2.32. The minimum Gasteiger partial charge on any atom is -0.481 e. The van der Waals surface area contributed by atoms with Gasteiger partial charge in [-0.3, -0.25) is 0 Å². The largest absolute Gasteiger partial charge is 0.481 e.